The van der Waals surface area contributed by atoms with Crippen LogP contribution in [0.2, 0.25) is 0 Å². The van der Waals surface area contributed by atoms with Gasteiger partial charge in [0.15, 0.2) is 0 Å². The Labute approximate surface area is 97.6 Å². The predicted molar refractivity (Wildman–Crippen MR) is 61.3 cm³/mol. The molecule has 2 rings (SSSR count). The molecule has 1 aromatic carbocycles. The minimum atomic E-state index is -0.587. The van der Waals surface area contributed by atoms with Crippen molar-refractivity contribution >= 4 is 5.95 Å². The van der Waals surface area contributed by atoms with Crippen LogP contribution in [0.4, 0.5) is 10.3 Å². The fourth-order valence-corrected chi connectivity index (χ4v) is 1.53. The van der Waals surface area contributed by atoms with Crippen molar-refractivity contribution in [2.45, 2.75) is 6.92 Å². The minimum Gasteiger partial charge on any atom is -0.368 e. The number of hydrogen-bond acceptors (Lipinski definition) is 4. The Bertz CT molecular complexity index is 616. The van der Waals surface area contributed by atoms with Crippen LogP contribution in [0, 0.1) is 24.1 Å². The van der Waals surface area contributed by atoms with Gasteiger partial charge in [-0.05, 0) is 24.6 Å². The van der Waals surface area contributed by atoms with E-state index in [4.69, 9.17) is 11.0 Å². The molecule has 0 amide bonds. The number of benzene rings is 1. The molecule has 0 aliphatic heterocycles. The number of aryl methyl sites for hydroxylation is 1. The lowest BCUT2D eigenvalue weighted by Crippen LogP contribution is -2.00. The lowest BCUT2D eigenvalue weighted by atomic mass is 10.0. The molecular formula is C12H9FN4. The average molecular weight is 228 g/mol. The number of nitrogens with zero attached hydrogens (tertiary/aromatic N) is 3. The minimum absolute atomic E-state index is 0.0147. The van der Waals surface area contributed by atoms with Crippen LogP contribution in [0.1, 0.15) is 11.1 Å². The van der Waals surface area contributed by atoms with E-state index < -0.39 is 5.82 Å². The third-order valence-corrected chi connectivity index (χ3v) is 2.36. The van der Waals surface area contributed by atoms with E-state index in [1.54, 1.807) is 25.1 Å². The first-order valence-corrected chi connectivity index (χ1v) is 4.91. The molecule has 0 aliphatic rings. The van der Waals surface area contributed by atoms with Gasteiger partial charge in [-0.15, -0.1) is 0 Å². The summed E-state index contributed by atoms with van der Waals surface area (Å²) in [7, 11) is 0. The third kappa shape index (κ3) is 1.93. The Morgan fingerprint density at radius 3 is 2.88 bits per heavy atom. The zero-order valence-electron chi connectivity index (χ0n) is 9.11. The molecule has 2 N–H and O–H groups in total. The molecule has 84 valence electrons. The van der Waals surface area contributed by atoms with Gasteiger partial charge in [0.2, 0.25) is 5.95 Å². The van der Waals surface area contributed by atoms with Gasteiger partial charge in [-0.2, -0.15) is 5.26 Å². The molecule has 0 spiro atoms. The summed E-state index contributed by atoms with van der Waals surface area (Å²) in [6, 6.07) is 6.37. The molecule has 0 bridgehead atoms. The highest BCUT2D eigenvalue weighted by Gasteiger charge is 2.13. The molecule has 0 unspecified atom stereocenters. The lowest BCUT2D eigenvalue weighted by molar-refractivity contribution is 0.626. The fraction of sp³-hybridized carbons (Fsp3) is 0.0833. The van der Waals surface area contributed by atoms with Gasteiger partial charge in [-0.25, -0.2) is 14.4 Å². The van der Waals surface area contributed by atoms with Gasteiger partial charge in [0.25, 0.3) is 0 Å². The van der Waals surface area contributed by atoms with E-state index in [2.05, 4.69) is 9.97 Å². The number of nitrogens with two attached hydrogens (primary N) is 1. The van der Waals surface area contributed by atoms with Crippen LogP contribution in [-0.2, 0) is 0 Å². The second kappa shape index (κ2) is 4.18. The molecule has 1 aromatic heterocycles. The van der Waals surface area contributed by atoms with Crippen molar-refractivity contribution in [2.75, 3.05) is 5.73 Å². The van der Waals surface area contributed by atoms with Crippen molar-refractivity contribution in [3.05, 3.63) is 41.3 Å². The SMILES string of the molecule is Cc1cnc(N)nc1-c1cccc(C#N)c1F. The van der Waals surface area contributed by atoms with Crippen LogP contribution in [0.15, 0.2) is 24.4 Å². The fourth-order valence-electron chi connectivity index (χ4n) is 1.53. The van der Waals surface area contributed by atoms with E-state index in [1.165, 1.54) is 12.3 Å². The second-order valence-electron chi connectivity index (χ2n) is 3.54. The van der Waals surface area contributed by atoms with Crippen molar-refractivity contribution in [2.24, 2.45) is 0 Å². The van der Waals surface area contributed by atoms with E-state index in [0.29, 0.717) is 11.3 Å². The van der Waals surface area contributed by atoms with Crippen LogP contribution in [-0.4, -0.2) is 9.97 Å². The first kappa shape index (κ1) is 11.0. The number of halogens is 1. The summed E-state index contributed by atoms with van der Waals surface area (Å²) in [6.07, 6.45) is 1.52. The van der Waals surface area contributed by atoms with Crippen molar-refractivity contribution < 1.29 is 4.39 Å². The highest BCUT2D eigenvalue weighted by Crippen LogP contribution is 2.25. The van der Waals surface area contributed by atoms with E-state index >= 15 is 0 Å². The first-order chi connectivity index (χ1) is 8.13. The maximum atomic E-state index is 13.9. The van der Waals surface area contributed by atoms with E-state index in [9.17, 15) is 4.39 Å². The maximum absolute atomic E-state index is 13.9. The summed E-state index contributed by atoms with van der Waals surface area (Å²) in [5.74, 6) is -0.511. The topological polar surface area (TPSA) is 75.6 Å². The maximum Gasteiger partial charge on any atom is 0.220 e. The number of aromatic nitrogens is 2. The zero-order chi connectivity index (χ0) is 12.4. The van der Waals surface area contributed by atoms with Crippen molar-refractivity contribution in [3.8, 4) is 17.3 Å². The monoisotopic (exact) mass is 228 g/mol. The normalized spacial score (nSPS) is 9.94. The molecule has 0 radical (unpaired) electrons. The number of nitrogen functional groups attached to an aromatic ring is 1. The Hall–Kier alpha value is -2.48. The molecule has 0 saturated carbocycles. The van der Waals surface area contributed by atoms with Gasteiger partial charge >= 0.3 is 0 Å². The smallest absolute Gasteiger partial charge is 0.220 e. The van der Waals surface area contributed by atoms with E-state index in [-0.39, 0.29) is 17.1 Å². The summed E-state index contributed by atoms with van der Waals surface area (Å²) < 4.78 is 13.9. The van der Waals surface area contributed by atoms with Gasteiger partial charge in [0.05, 0.1) is 11.3 Å². The van der Waals surface area contributed by atoms with Crippen LogP contribution in [0.5, 0.6) is 0 Å². The standard InChI is InChI=1S/C12H9FN4/c1-7-6-16-12(15)17-11(7)9-4-2-3-8(5-14)10(9)13/h2-4,6H,1H3,(H2,15,16,17). The number of anilines is 1. The molecule has 0 saturated heterocycles. The number of rotatable bonds is 1. The first-order valence-electron chi connectivity index (χ1n) is 4.91. The Morgan fingerprint density at radius 1 is 1.41 bits per heavy atom. The van der Waals surface area contributed by atoms with Gasteiger partial charge in [-0.1, -0.05) is 6.07 Å². The third-order valence-electron chi connectivity index (χ3n) is 2.36. The molecule has 0 fully saturated rings. The summed E-state index contributed by atoms with van der Waals surface area (Å²) in [5.41, 5.74) is 6.83. The van der Waals surface area contributed by atoms with Gasteiger partial charge in [0.1, 0.15) is 11.9 Å². The Kier molecular flexibility index (Phi) is 2.71. The Morgan fingerprint density at radius 2 is 2.18 bits per heavy atom. The van der Waals surface area contributed by atoms with Crippen molar-refractivity contribution in [3.63, 3.8) is 0 Å². The predicted octanol–water partition coefficient (Wildman–Crippen LogP) is 2.04. The highest BCUT2D eigenvalue weighted by atomic mass is 19.1. The average Bonchev–Trinajstić information content (AvgIpc) is 2.33. The van der Waals surface area contributed by atoms with Gasteiger partial charge in [0, 0.05) is 11.8 Å². The zero-order valence-corrected chi connectivity index (χ0v) is 9.11. The lowest BCUT2D eigenvalue weighted by Gasteiger charge is -2.07. The molecule has 4 nitrogen and oxygen atoms in total. The van der Waals surface area contributed by atoms with Crippen molar-refractivity contribution in [1.29, 1.82) is 5.26 Å². The van der Waals surface area contributed by atoms with Crippen LogP contribution >= 0.6 is 0 Å². The van der Waals surface area contributed by atoms with Gasteiger partial charge < -0.3 is 5.73 Å². The quantitative estimate of drug-likeness (QED) is 0.810. The van der Waals surface area contributed by atoms with Crippen LogP contribution in [0.3, 0.4) is 0 Å². The van der Waals surface area contributed by atoms with E-state index in [1.807, 2.05) is 0 Å². The highest BCUT2D eigenvalue weighted by molar-refractivity contribution is 5.66. The molecule has 17 heavy (non-hydrogen) atoms. The molecule has 0 aliphatic carbocycles. The Balaban J connectivity index is 2.69. The molecule has 5 heteroatoms. The molecule has 0 atom stereocenters. The van der Waals surface area contributed by atoms with Gasteiger partial charge in [-0.3, -0.25) is 0 Å². The summed E-state index contributed by atoms with van der Waals surface area (Å²) >= 11 is 0. The van der Waals surface area contributed by atoms with Crippen molar-refractivity contribution in [1.82, 2.24) is 9.97 Å². The number of hydrogen-bond donors (Lipinski definition) is 1. The van der Waals surface area contributed by atoms with Crippen LogP contribution in [0.25, 0.3) is 11.3 Å². The molecule has 2 aromatic rings. The molecular weight excluding hydrogens is 219 g/mol. The molecule has 1 heterocycles. The summed E-state index contributed by atoms with van der Waals surface area (Å²) in [6.45, 7) is 1.76. The summed E-state index contributed by atoms with van der Waals surface area (Å²) in [4.78, 5) is 7.81. The summed E-state index contributed by atoms with van der Waals surface area (Å²) in [5, 5.41) is 8.77. The second-order valence-corrected chi connectivity index (χ2v) is 3.54. The largest absolute Gasteiger partial charge is 0.368 e. The number of nitriles is 1. The van der Waals surface area contributed by atoms with E-state index in [0.717, 1.165) is 0 Å². The van der Waals surface area contributed by atoms with Crippen LogP contribution < -0.4 is 5.73 Å².